The van der Waals surface area contributed by atoms with Crippen LogP contribution in [0.25, 0.3) is 0 Å². The van der Waals surface area contributed by atoms with E-state index in [0.29, 0.717) is 6.42 Å². The lowest BCUT2D eigenvalue weighted by Crippen LogP contribution is -2.42. The summed E-state index contributed by atoms with van der Waals surface area (Å²) < 4.78 is 28.0. The van der Waals surface area contributed by atoms with Gasteiger partial charge in [0, 0.05) is 11.4 Å². The van der Waals surface area contributed by atoms with Crippen LogP contribution in [-0.2, 0) is 21.2 Å². The predicted octanol–water partition coefficient (Wildman–Crippen LogP) is 4.83. The van der Waals surface area contributed by atoms with Crippen molar-refractivity contribution in [3.05, 3.63) is 95.6 Å². The Morgan fingerprint density at radius 1 is 0.970 bits per heavy atom. The summed E-state index contributed by atoms with van der Waals surface area (Å²) in [4.78, 5) is 14.2. The van der Waals surface area contributed by atoms with Crippen LogP contribution in [0.15, 0.2) is 88.7 Å². The maximum atomic E-state index is 13.4. The Balaban J connectivity index is 1.75. The highest BCUT2D eigenvalue weighted by Gasteiger charge is 2.27. The molecule has 0 unspecified atom stereocenters. The summed E-state index contributed by atoms with van der Waals surface area (Å²) in [6.45, 7) is 3.78. The second-order valence-corrected chi connectivity index (χ2v) is 10.8. The van der Waals surface area contributed by atoms with E-state index in [1.165, 1.54) is 4.31 Å². The Morgan fingerprint density at radius 3 is 2.21 bits per heavy atom. The zero-order valence-corrected chi connectivity index (χ0v) is 20.8. The van der Waals surface area contributed by atoms with Gasteiger partial charge in [0.25, 0.3) is 0 Å². The number of sulfonamides is 1. The first-order valence-corrected chi connectivity index (χ1v) is 13.5. The van der Waals surface area contributed by atoms with Gasteiger partial charge in [0.1, 0.15) is 0 Å². The molecule has 0 aliphatic rings. The van der Waals surface area contributed by atoms with Crippen LogP contribution in [0.5, 0.6) is 0 Å². The van der Waals surface area contributed by atoms with Crippen LogP contribution in [0.3, 0.4) is 0 Å². The highest BCUT2D eigenvalue weighted by molar-refractivity contribution is 7.98. The maximum Gasteiger partial charge on any atom is 0.243 e. The van der Waals surface area contributed by atoms with Crippen LogP contribution in [0.1, 0.15) is 29.7 Å². The van der Waals surface area contributed by atoms with E-state index in [0.717, 1.165) is 21.6 Å². The molecule has 1 N–H and O–H groups in total. The molecule has 7 heteroatoms. The zero-order valence-electron chi connectivity index (χ0n) is 19.2. The van der Waals surface area contributed by atoms with E-state index < -0.39 is 10.0 Å². The average Bonchev–Trinajstić information content (AvgIpc) is 2.82. The van der Waals surface area contributed by atoms with Gasteiger partial charge in [-0.25, -0.2) is 8.42 Å². The minimum absolute atomic E-state index is 0.190. The summed E-state index contributed by atoms with van der Waals surface area (Å²) in [7, 11) is -3.82. The SMILES string of the molecule is CSc1ccc([C@@H](C)NC(=O)CN(CCc2ccccc2)S(=O)(=O)c2ccc(C)cc2)cc1. The summed E-state index contributed by atoms with van der Waals surface area (Å²) in [6.07, 6.45) is 2.53. The van der Waals surface area contributed by atoms with E-state index in [9.17, 15) is 13.2 Å². The number of nitrogens with one attached hydrogen (secondary N) is 1. The molecule has 33 heavy (non-hydrogen) atoms. The Morgan fingerprint density at radius 2 is 1.61 bits per heavy atom. The molecule has 0 fully saturated rings. The highest BCUT2D eigenvalue weighted by atomic mass is 32.2. The Labute approximate surface area is 201 Å². The third-order valence-corrected chi connectivity index (χ3v) is 8.07. The maximum absolute atomic E-state index is 13.4. The van der Waals surface area contributed by atoms with E-state index in [1.807, 2.05) is 74.7 Å². The van der Waals surface area contributed by atoms with Crippen molar-refractivity contribution in [1.82, 2.24) is 9.62 Å². The van der Waals surface area contributed by atoms with Crippen LogP contribution < -0.4 is 5.32 Å². The lowest BCUT2D eigenvalue weighted by atomic mass is 10.1. The molecule has 0 aromatic heterocycles. The number of hydrogen-bond donors (Lipinski definition) is 1. The Hall–Kier alpha value is -2.61. The number of benzene rings is 3. The molecule has 1 atom stereocenters. The summed E-state index contributed by atoms with van der Waals surface area (Å²) in [5, 5.41) is 2.94. The second kappa shape index (κ2) is 11.5. The van der Waals surface area contributed by atoms with E-state index >= 15 is 0 Å². The van der Waals surface area contributed by atoms with Crippen LogP contribution in [0.2, 0.25) is 0 Å². The van der Waals surface area contributed by atoms with Crippen molar-refractivity contribution in [3.63, 3.8) is 0 Å². The molecule has 0 heterocycles. The Bertz CT molecular complexity index is 1150. The lowest BCUT2D eigenvalue weighted by molar-refractivity contribution is -0.121. The van der Waals surface area contributed by atoms with Crippen molar-refractivity contribution < 1.29 is 13.2 Å². The van der Waals surface area contributed by atoms with Crippen LogP contribution in [0.4, 0.5) is 0 Å². The summed E-state index contributed by atoms with van der Waals surface area (Å²) in [6, 6.07) is 24.1. The van der Waals surface area contributed by atoms with E-state index in [1.54, 1.807) is 36.0 Å². The number of nitrogens with zero attached hydrogens (tertiary/aromatic N) is 1. The van der Waals surface area contributed by atoms with Crippen molar-refractivity contribution in [1.29, 1.82) is 0 Å². The largest absolute Gasteiger partial charge is 0.348 e. The molecule has 3 rings (SSSR count). The molecule has 0 saturated carbocycles. The summed E-state index contributed by atoms with van der Waals surface area (Å²) in [5.74, 6) is -0.333. The number of thioether (sulfide) groups is 1. The zero-order chi connectivity index (χ0) is 23.8. The normalized spacial score (nSPS) is 12.5. The van der Waals surface area contributed by atoms with Crippen LogP contribution >= 0.6 is 11.8 Å². The van der Waals surface area contributed by atoms with Gasteiger partial charge in [-0.3, -0.25) is 4.79 Å². The third-order valence-electron chi connectivity index (χ3n) is 5.46. The van der Waals surface area contributed by atoms with Crippen LogP contribution in [0, 0.1) is 6.92 Å². The van der Waals surface area contributed by atoms with Gasteiger partial charge in [-0.2, -0.15) is 4.31 Å². The van der Waals surface area contributed by atoms with Gasteiger partial charge >= 0.3 is 0 Å². The molecule has 5 nitrogen and oxygen atoms in total. The van der Waals surface area contributed by atoms with Gasteiger partial charge in [-0.05, 0) is 61.9 Å². The highest BCUT2D eigenvalue weighted by Crippen LogP contribution is 2.20. The second-order valence-electron chi connectivity index (χ2n) is 7.95. The van der Waals surface area contributed by atoms with Crippen molar-refractivity contribution in [2.45, 2.75) is 36.1 Å². The van der Waals surface area contributed by atoms with E-state index in [4.69, 9.17) is 0 Å². The van der Waals surface area contributed by atoms with Crippen molar-refractivity contribution in [2.75, 3.05) is 19.3 Å². The number of carbonyl (C=O) groups is 1. The fraction of sp³-hybridized carbons (Fsp3) is 0.269. The fourth-order valence-corrected chi connectivity index (χ4v) is 5.27. The number of hydrogen-bond acceptors (Lipinski definition) is 4. The molecule has 174 valence electrons. The number of amides is 1. The standard InChI is InChI=1S/C26H30N2O3S2/c1-20-9-15-25(16-10-20)33(30,31)28(18-17-22-7-5-4-6-8-22)19-26(29)27-21(2)23-11-13-24(32-3)14-12-23/h4-16,21H,17-19H2,1-3H3,(H,27,29)/t21-/m1/s1. The smallest absolute Gasteiger partial charge is 0.243 e. The average molecular weight is 483 g/mol. The van der Waals surface area contributed by atoms with E-state index in [2.05, 4.69) is 5.32 Å². The first kappa shape index (κ1) is 25.0. The fourth-order valence-electron chi connectivity index (χ4n) is 3.47. The van der Waals surface area contributed by atoms with Gasteiger partial charge in [0.05, 0.1) is 17.5 Å². The molecule has 0 saturated heterocycles. The number of carbonyl (C=O) groups excluding carboxylic acids is 1. The van der Waals surface area contributed by atoms with Crippen molar-refractivity contribution in [2.24, 2.45) is 0 Å². The number of rotatable bonds is 10. The topological polar surface area (TPSA) is 66.5 Å². The molecular formula is C26H30N2O3S2. The summed E-state index contributed by atoms with van der Waals surface area (Å²) in [5.41, 5.74) is 2.96. The minimum atomic E-state index is -3.82. The quantitative estimate of drug-likeness (QED) is 0.421. The van der Waals surface area contributed by atoms with Crippen LogP contribution in [-0.4, -0.2) is 38.0 Å². The monoisotopic (exact) mass is 482 g/mol. The molecule has 0 radical (unpaired) electrons. The first-order valence-electron chi connectivity index (χ1n) is 10.8. The van der Waals surface area contributed by atoms with E-state index in [-0.39, 0.29) is 29.9 Å². The van der Waals surface area contributed by atoms with Gasteiger partial charge in [-0.1, -0.05) is 60.2 Å². The van der Waals surface area contributed by atoms with Gasteiger partial charge < -0.3 is 5.32 Å². The molecule has 3 aromatic rings. The first-order chi connectivity index (χ1) is 15.8. The van der Waals surface area contributed by atoms with Crippen molar-refractivity contribution in [3.8, 4) is 0 Å². The molecule has 0 aliphatic carbocycles. The third kappa shape index (κ3) is 6.93. The van der Waals surface area contributed by atoms with Gasteiger partial charge in [0.15, 0.2) is 0 Å². The minimum Gasteiger partial charge on any atom is -0.348 e. The molecule has 1 amide bonds. The molecule has 3 aromatic carbocycles. The lowest BCUT2D eigenvalue weighted by Gasteiger charge is -2.23. The summed E-state index contributed by atoms with van der Waals surface area (Å²) >= 11 is 1.66. The Kier molecular flexibility index (Phi) is 8.72. The molecular weight excluding hydrogens is 452 g/mol. The molecule has 0 aliphatic heterocycles. The molecule has 0 bridgehead atoms. The van der Waals surface area contributed by atoms with Crippen molar-refractivity contribution >= 4 is 27.7 Å². The van der Waals surface area contributed by atoms with Gasteiger partial charge in [-0.15, -0.1) is 11.8 Å². The number of aryl methyl sites for hydroxylation is 1. The predicted molar refractivity (Wildman–Crippen MR) is 135 cm³/mol. The molecule has 0 spiro atoms. The van der Waals surface area contributed by atoms with Gasteiger partial charge in [0.2, 0.25) is 15.9 Å².